The molecule has 2 rings (SSSR count). The van der Waals surface area contributed by atoms with Gasteiger partial charge in [0.1, 0.15) is 5.82 Å². The average molecular weight is 264 g/mol. The molecular formula is C15H21FN2O. The number of nitrogens with one attached hydrogen (secondary N) is 2. The van der Waals surface area contributed by atoms with Gasteiger partial charge in [0.25, 0.3) is 0 Å². The van der Waals surface area contributed by atoms with Gasteiger partial charge in [-0.05, 0) is 49.6 Å². The average Bonchev–Trinajstić information content (AvgIpc) is 2.84. The Labute approximate surface area is 113 Å². The highest BCUT2D eigenvalue weighted by molar-refractivity contribution is 5.96. The first-order valence-corrected chi connectivity index (χ1v) is 6.74. The molecule has 19 heavy (non-hydrogen) atoms. The maximum atomic E-state index is 13.2. The molecule has 0 aliphatic carbocycles. The van der Waals surface area contributed by atoms with Crippen molar-refractivity contribution in [2.24, 2.45) is 11.3 Å². The molecule has 1 aromatic rings. The molecule has 1 fully saturated rings. The molecule has 1 aromatic carbocycles. The number of amides is 1. The normalized spacial score (nSPS) is 22.8. The molecule has 1 aliphatic rings. The Morgan fingerprint density at radius 1 is 1.47 bits per heavy atom. The van der Waals surface area contributed by atoms with Gasteiger partial charge in [-0.2, -0.15) is 0 Å². The first kappa shape index (κ1) is 14.0. The van der Waals surface area contributed by atoms with E-state index >= 15 is 0 Å². The zero-order valence-electron chi connectivity index (χ0n) is 11.7. The van der Waals surface area contributed by atoms with Crippen LogP contribution >= 0.6 is 0 Å². The van der Waals surface area contributed by atoms with Crippen molar-refractivity contribution in [3.63, 3.8) is 0 Å². The first-order valence-electron chi connectivity index (χ1n) is 6.74. The fraction of sp³-hybridized carbons (Fsp3) is 0.533. The highest BCUT2D eigenvalue weighted by Crippen LogP contribution is 2.35. The Morgan fingerprint density at radius 2 is 2.21 bits per heavy atom. The Balaban J connectivity index is 2.17. The summed E-state index contributed by atoms with van der Waals surface area (Å²) in [5.74, 6) is 0.0432. The number of carbonyl (C=O) groups excluding carboxylic acids is 1. The van der Waals surface area contributed by atoms with Gasteiger partial charge in [0.15, 0.2) is 0 Å². The topological polar surface area (TPSA) is 41.1 Å². The van der Waals surface area contributed by atoms with E-state index in [9.17, 15) is 9.18 Å². The van der Waals surface area contributed by atoms with E-state index in [2.05, 4.69) is 24.5 Å². The summed E-state index contributed by atoms with van der Waals surface area (Å²) >= 11 is 0. The predicted molar refractivity (Wildman–Crippen MR) is 74.5 cm³/mol. The second-order valence-electron chi connectivity index (χ2n) is 5.66. The van der Waals surface area contributed by atoms with Crippen LogP contribution in [-0.2, 0) is 4.79 Å². The van der Waals surface area contributed by atoms with E-state index in [0.717, 1.165) is 13.0 Å². The minimum Gasteiger partial charge on any atom is -0.326 e. The summed E-state index contributed by atoms with van der Waals surface area (Å²) in [6.07, 6.45) is 0.844. The first-order chi connectivity index (χ1) is 8.95. The van der Waals surface area contributed by atoms with Gasteiger partial charge in [-0.1, -0.05) is 13.8 Å². The Hall–Kier alpha value is -1.42. The van der Waals surface area contributed by atoms with Gasteiger partial charge in [0, 0.05) is 12.2 Å². The van der Waals surface area contributed by atoms with Crippen molar-refractivity contribution >= 4 is 11.6 Å². The van der Waals surface area contributed by atoms with Gasteiger partial charge in [-0.3, -0.25) is 4.79 Å². The summed E-state index contributed by atoms with van der Waals surface area (Å²) in [7, 11) is 0. The molecule has 4 heteroatoms. The molecule has 1 heterocycles. The lowest BCUT2D eigenvalue weighted by molar-refractivity contribution is -0.126. The summed E-state index contributed by atoms with van der Waals surface area (Å²) in [6.45, 7) is 7.41. The Morgan fingerprint density at radius 3 is 2.74 bits per heavy atom. The van der Waals surface area contributed by atoms with Crippen molar-refractivity contribution in [1.82, 2.24) is 5.32 Å². The quantitative estimate of drug-likeness (QED) is 0.881. The number of aryl methyl sites for hydroxylation is 1. The van der Waals surface area contributed by atoms with Crippen LogP contribution in [0.2, 0.25) is 0 Å². The van der Waals surface area contributed by atoms with Crippen LogP contribution in [0, 0.1) is 24.1 Å². The van der Waals surface area contributed by atoms with E-state index < -0.39 is 0 Å². The number of hydrogen-bond acceptors (Lipinski definition) is 2. The maximum Gasteiger partial charge on any atom is 0.232 e. The van der Waals surface area contributed by atoms with Crippen LogP contribution in [0.1, 0.15) is 25.8 Å². The predicted octanol–water partition coefficient (Wildman–Crippen LogP) is 2.71. The van der Waals surface area contributed by atoms with Gasteiger partial charge in [0.2, 0.25) is 5.91 Å². The fourth-order valence-electron chi connectivity index (χ4n) is 2.64. The summed E-state index contributed by atoms with van der Waals surface area (Å²) in [4.78, 5) is 12.5. The van der Waals surface area contributed by atoms with Crippen LogP contribution in [0.5, 0.6) is 0 Å². The van der Waals surface area contributed by atoms with E-state index in [1.807, 2.05) is 0 Å². The highest BCUT2D eigenvalue weighted by atomic mass is 19.1. The Kier molecular flexibility index (Phi) is 3.90. The number of carbonyl (C=O) groups is 1. The monoisotopic (exact) mass is 264 g/mol. The van der Waals surface area contributed by atoms with Crippen LogP contribution in [-0.4, -0.2) is 19.0 Å². The number of halogens is 1. The molecule has 104 valence electrons. The SMILES string of the molecule is Cc1cc(NC(=O)C2(C(C)C)CCNC2)ccc1F. The minimum absolute atomic E-state index is 0.0264. The number of hydrogen-bond donors (Lipinski definition) is 2. The number of rotatable bonds is 3. The zero-order valence-corrected chi connectivity index (χ0v) is 11.7. The highest BCUT2D eigenvalue weighted by Gasteiger charge is 2.43. The summed E-state index contributed by atoms with van der Waals surface area (Å²) in [6, 6.07) is 4.67. The van der Waals surface area contributed by atoms with Crippen LogP contribution in [0.25, 0.3) is 0 Å². The molecule has 3 nitrogen and oxygen atoms in total. The van der Waals surface area contributed by atoms with Crippen LogP contribution < -0.4 is 10.6 Å². The third kappa shape index (κ3) is 2.63. The largest absolute Gasteiger partial charge is 0.326 e. The molecule has 1 saturated heterocycles. The molecule has 0 spiro atoms. The summed E-state index contributed by atoms with van der Waals surface area (Å²) in [5.41, 5.74) is 0.847. The lowest BCUT2D eigenvalue weighted by Gasteiger charge is -2.31. The van der Waals surface area contributed by atoms with Crippen molar-refractivity contribution in [3.8, 4) is 0 Å². The van der Waals surface area contributed by atoms with Crippen molar-refractivity contribution in [1.29, 1.82) is 0 Å². The minimum atomic E-state index is -0.359. The number of benzene rings is 1. The maximum absolute atomic E-state index is 13.2. The third-order valence-corrected chi connectivity index (χ3v) is 4.16. The second kappa shape index (κ2) is 5.29. The van der Waals surface area contributed by atoms with Gasteiger partial charge in [-0.15, -0.1) is 0 Å². The molecule has 0 aromatic heterocycles. The lowest BCUT2D eigenvalue weighted by Crippen LogP contribution is -2.42. The molecule has 0 bridgehead atoms. The summed E-state index contributed by atoms with van der Waals surface area (Å²) < 4.78 is 13.2. The molecule has 1 amide bonds. The van der Waals surface area contributed by atoms with Crippen LogP contribution in [0.3, 0.4) is 0 Å². The molecule has 0 saturated carbocycles. The second-order valence-corrected chi connectivity index (χ2v) is 5.66. The van der Waals surface area contributed by atoms with Gasteiger partial charge >= 0.3 is 0 Å². The van der Waals surface area contributed by atoms with Crippen molar-refractivity contribution in [2.45, 2.75) is 27.2 Å². The number of anilines is 1. The molecule has 0 radical (unpaired) electrons. The molecule has 1 unspecified atom stereocenters. The van der Waals surface area contributed by atoms with Crippen LogP contribution in [0.15, 0.2) is 18.2 Å². The van der Waals surface area contributed by atoms with Gasteiger partial charge in [-0.25, -0.2) is 4.39 Å². The van der Waals surface area contributed by atoms with Crippen molar-refractivity contribution in [2.75, 3.05) is 18.4 Å². The molecular weight excluding hydrogens is 243 g/mol. The molecule has 1 aliphatic heterocycles. The van der Waals surface area contributed by atoms with E-state index in [4.69, 9.17) is 0 Å². The summed E-state index contributed by atoms with van der Waals surface area (Å²) in [5, 5.41) is 6.19. The van der Waals surface area contributed by atoms with E-state index in [-0.39, 0.29) is 23.1 Å². The van der Waals surface area contributed by atoms with Crippen LogP contribution in [0.4, 0.5) is 10.1 Å². The van der Waals surface area contributed by atoms with Gasteiger partial charge < -0.3 is 10.6 Å². The third-order valence-electron chi connectivity index (χ3n) is 4.16. The molecule has 1 atom stereocenters. The van der Waals surface area contributed by atoms with Crippen molar-refractivity contribution in [3.05, 3.63) is 29.6 Å². The van der Waals surface area contributed by atoms with E-state index in [1.165, 1.54) is 6.07 Å². The zero-order chi connectivity index (χ0) is 14.0. The Bertz CT molecular complexity index is 479. The lowest BCUT2D eigenvalue weighted by atomic mass is 9.75. The van der Waals surface area contributed by atoms with Crippen molar-refractivity contribution < 1.29 is 9.18 Å². The standard InChI is InChI=1S/C15H21FN2O/c1-10(2)15(6-7-17-9-15)14(19)18-12-4-5-13(16)11(3)8-12/h4-5,8,10,17H,6-7,9H2,1-3H3,(H,18,19). The smallest absolute Gasteiger partial charge is 0.232 e. The van der Waals surface area contributed by atoms with E-state index in [0.29, 0.717) is 17.8 Å². The van der Waals surface area contributed by atoms with E-state index in [1.54, 1.807) is 19.1 Å². The molecule has 2 N–H and O–H groups in total. The fourth-order valence-corrected chi connectivity index (χ4v) is 2.64. The van der Waals surface area contributed by atoms with Gasteiger partial charge in [0.05, 0.1) is 5.41 Å².